The summed E-state index contributed by atoms with van der Waals surface area (Å²) in [7, 11) is 0. The molecule has 1 saturated carbocycles. The molecule has 0 N–H and O–H groups in total. The van der Waals surface area contributed by atoms with Crippen LogP contribution in [0.25, 0.3) is 45.4 Å². The number of fused-ring (bicyclic) bond motifs is 3. The number of aryl methyl sites for hydroxylation is 2. The van der Waals surface area contributed by atoms with Crippen LogP contribution >= 0.6 is 0 Å². The Kier molecular flexibility index (Phi) is 29.1. The summed E-state index contributed by atoms with van der Waals surface area (Å²) < 4.78 is 6.42. The van der Waals surface area contributed by atoms with E-state index in [0.29, 0.717) is 11.8 Å². The van der Waals surface area contributed by atoms with E-state index < -0.39 is 0 Å². The molecular formula is C77H93BO. The molecular weight excluding hydrogens is 952 g/mol. The Labute approximate surface area is 480 Å². The average Bonchev–Trinajstić information content (AvgIpc) is 4.43. The number of para-hydroxylation sites is 1. The van der Waals surface area contributed by atoms with Gasteiger partial charge in [0, 0.05) is 22.4 Å². The minimum absolute atomic E-state index is 0.0756. The SMILES string of the molecule is C1CC1.C=C(C)/C=C\C.C=C/C=C(\C=C/CC1=CCCC=C1)B(C(=C/C=C)/C=C(\C)C(C)c1ccccc1)c1ccc(C)cc1.CC.CC.CCCc1cccc(-c2ccccc2-c2cccc3c4c(oc23)C=CC(C)C=C4)c1. The maximum Gasteiger partial charge on any atom is 0.241 e. The van der Waals surface area contributed by atoms with Crippen LogP contribution in [0.4, 0.5) is 0 Å². The molecule has 9 rings (SSSR count). The van der Waals surface area contributed by atoms with E-state index in [1.165, 1.54) is 91.1 Å². The predicted molar refractivity (Wildman–Crippen MR) is 356 cm³/mol. The number of benzene rings is 5. The maximum absolute atomic E-state index is 6.42. The molecule has 3 aliphatic rings. The molecule has 0 spiro atoms. The Hall–Kier alpha value is -7.42. The fourth-order valence-electron chi connectivity index (χ4n) is 9.28. The van der Waals surface area contributed by atoms with Crippen LogP contribution in [0, 0.1) is 12.8 Å². The molecule has 0 aliphatic heterocycles. The van der Waals surface area contributed by atoms with Gasteiger partial charge in [0.05, 0.1) is 0 Å². The van der Waals surface area contributed by atoms with Crippen molar-refractivity contribution in [2.24, 2.45) is 5.92 Å². The first kappa shape index (κ1) is 64.1. The van der Waals surface area contributed by atoms with Gasteiger partial charge in [0.15, 0.2) is 0 Å². The van der Waals surface area contributed by atoms with Crippen molar-refractivity contribution < 1.29 is 4.42 Å². The molecule has 2 heteroatoms. The van der Waals surface area contributed by atoms with Gasteiger partial charge in [-0.25, -0.2) is 0 Å². The lowest BCUT2D eigenvalue weighted by atomic mass is 9.35. The third-order valence-corrected chi connectivity index (χ3v) is 13.5. The molecule has 1 fully saturated rings. The summed E-state index contributed by atoms with van der Waals surface area (Å²) in [5, 5.41) is 1.17. The van der Waals surface area contributed by atoms with Gasteiger partial charge in [-0.2, -0.15) is 0 Å². The normalized spacial score (nSPS) is 14.7. The topological polar surface area (TPSA) is 13.1 Å². The van der Waals surface area contributed by atoms with Gasteiger partial charge in [0.1, 0.15) is 11.3 Å². The van der Waals surface area contributed by atoms with Gasteiger partial charge < -0.3 is 4.42 Å². The van der Waals surface area contributed by atoms with Crippen LogP contribution < -0.4 is 5.46 Å². The number of furan rings is 1. The molecule has 1 aromatic heterocycles. The van der Waals surface area contributed by atoms with Crippen molar-refractivity contribution in [1.82, 2.24) is 0 Å². The molecule has 0 amide bonds. The molecule has 5 aromatic carbocycles. The summed E-state index contributed by atoms with van der Waals surface area (Å²) in [4.78, 5) is 0. The Morgan fingerprint density at radius 1 is 0.722 bits per heavy atom. The van der Waals surface area contributed by atoms with Gasteiger partial charge in [-0.05, 0) is 98.8 Å². The zero-order valence-corrected chi connectivity index (χ0v) is 50.2. The molecule has 6 aromatic rings. The fourth-order valence-corrected chi connectivity index (χ4v) is 9.28. The minimum atomic E-state index is 0.0756. The number of hydrogen-bond acceptors (Lipinski definition) is 1. The molecule has 0 saturated heterocycles. The second-order valence-corrected chi connectivity index (χ2v) is 20.1. The Balaban J connectivity index is 0.000000281. The maximum atomic E-state index is 6.42. The smallest absolute Gasteiger partial charge is 0.241 e. The second kappa shape index (κ2) is 35.9. The molecule has 1 heterocycles. The monoisotopic (exact) mass is 1040 g/mol. The third kappa shape index (κ3) is 20.7. The van der Waals surface area contributed by atoms with Gasteiger partial charge in [-0.3, -0.25) is 0 Å². The molecule has 2 atom stereocenters. The molecule has 1 nitrogen and oxygen atoms in total. The van der Waals surface area contributed by atoms with Crippen molar-refractivity contribution in [3.05, 3.63) is 282 Å². The van der Waals surface area contributed by atoms with Gasteiger partial charge >= 0.3 is 0 Å². The van der Waals surface area contributed by atoms with E-state index in [1.54, 1.807) is 0 Å². The second-order valence-electron chi connectivity index (χ2n) is 20.1. The van der Waals surface area contributed by atoms with Crippen LogP contribution in [0.2, 0.25) is 0 Å². The van der Waals surface area contributed by atoms with Gasteiger partial charge in [0.2, 0.25) is 6.71 Å². The Morgan fingerprint density at radius 2 is 1.37 bits per heavy atom. The lowest BCUT2D eigenvalue weighted by Crippen LogP contribution is -2.34. The van der Waals surface area contributed by atoms with E-state index >= 15 is 0 Å². The molecule has 410 valence electrons. The van der Waals surface area contributed by atoms with Crippen molar-refractivity contribution >= 4 is 35.3 Å². The third-order valence-electron chi connectivity index (χ3n) is 13.5. The first-order chi connectivity index (χ1) is 38.5. The zero-order chi connectivity index (χ0) is 57.4. The van der Waals surface area contributed by atoms with E-state index in [1.807, 2.05) is 65.8 Å². The Morgan fingerprint density at radius 3 is 1.99 bits per heavy atom. The van der Waals surface area contributed by atoms with Crippen LogP contribution in [0.5, 0.6) is 0 Å². The number of rotatable bonds is 16. The van der Waals surface area contributed by atoms with E-state index in [9.17, 15) is 0 Å². The largest absolute Gasteiger partial charge is 0.455 e. The van der Waals surface area contributed by atoms with Crippen molar-refractivity contribution in [2.75, 3.05) is 0 Å². The van der Waals surface area contributed by atoms with E-state index in [2.05, 4.69) is 249 Å². The Bertz CT molecular complexity index is 3110. The highest BCUT2D eigenvalue weighted by atomic mass is 16.3. The van der Waals surface area contributed by atoms with Crippen LogP contribution in [0.1, 0.15) is 148 Å². The average molecular weight is 1050 g/mol. The van der Waals surface area contributed by atoms with E-state index in [4.69, 9.17) is 4.42 Å². The summed E-state index contributed by atoms with van der Waals surface area (Å²) in [5.41, 5.74) is 18.5. The summed E-state index contributed by atoms with van der Waals surface area (Å²) in [6.45, 7) is 34.8. The van der Waals surface area contributed by atoms with Crippen LogP contribution in [0.15, 0.2) is 258 Å². The van der Waals surface area contributed by atoms with Crippen molar-refractivity contribution in [3.8, 4) is 22.3 Å². The van der Waals surface area contributed by atoms with Crippen LogP contribution in [0.3, 0.4) is 0 Å². The highest BCUT2D eigenvalue weighted by molar-refractivity contribution is 6.87. The fraction of sp³-hybridized carbons (Fsp3) is 0.273. The standard InChI is InChI=1S/C35H39B.C29H26O.C6H10.C3H6.2C2H6/c1-6-15-33(22-14-19-31-17-10-8-11-18-31)36(34-25-23-28(3)24-26-34)35(16-7-2)27-29(4)30(5)32-20-12-9-13-21-32;1-3-8-21-9-6-10-22(19-21)23-11-4-5-12-24(23)26-13-7-14-27-25-17-15-20(2)16-18-28(25)30-29(26)27;1-4-5-6(2)3;1-2-3-1;2*1-2/h6-7,9-10,12-18,20-27,30H,1-2,8,11,19H2,3-5H3;4-7,9-20H,3,8H2,1-2H3;4-5H,2H2,1,3H3;1-3H2;2*1-2H3/b22-14-,29-27+,33-15+,35-16+;;5-4-;;;. The molecule has 0 bridgehead atoms. The summed E-state index contributed by atoms with van der Waals surface area (Å²) in [5.74, 6) is 1.69. The summed E-state index contributed by atoms with van der Waals surface area (Å²) in [6.07, 6.45) is 44.5. The first-order valence-corrected chi connectivity index (χ1v) is 29.4. The van der Waals surface area contributed by atoms with Crippen LogP contribution in [-0.4, -0.2) is 6.71 Å². The van der Waals surface area contributed by atoms with Gasteiger partial charge in [-0.1, -0.05) is 339 Å². The van der Waals surface area contributed by atoms with Crippen molar-refractivity contribution in [2.45, 2.75) is 133 Å². The van der Waals surface area contributed by atoms with Gasteiger partial charge in [0.25, 0.3) is 0 Å². The van der Waals surface area contributed by atoms with Crippen molar-refractivity contribution in [1.29, 1.82) is 0 Å². The molecule has 79 heavy (non-hydrogen) atoms. The minimum Gasteiger partial charge on any atom is -0.455 e. The highest BCUT2D eigenvalue weighted by Crippen LogP contribution is 2.40. The first-order valence-electron chi connectivity index (χ1n) is 29.4. The van der Waals surface area contributed by atoms with Crippen LogP contribution in [-0.2, 0) is 6.42 Å². The lowest BCUT2D eigenvalue weighted by Gasteiger charge is -2.20. The predicted octanol–water partition coefficient (Wildman–Crippen LogP) is 22.7. The zero-order valence-electron chi connectivity index (χ0n) is 50.2. The lowest BCUT2D eigenvalue weighted by molar-refractivity contribution is 0.604. The summed E-state index contributed by atoms with van der Waals surface area (Å²) in [6, 6.07) is 43.7. The highest BCUT2D eigenvalue weighted by Gasteiger charge is 2.24. The molecule has 0 radical (unpaired) electrons. The van der Waals surface area contributed by atoms with Gasteiger partial charge in [-0.15, -0.1) is 0 Å². The van der Waals surface area contributed by atoms with E-state index in [0.717, 1.165) is 54.6 Å². The molecule has 3 aliphatic carbocycles. The van der Waals surface area contributed by atoms with E-state index in [-0.39, 0.29) is 6.71 Å². The number of hydrogen-bond donors (Lipinski definition) is 0. The van der Waals surface area contributed by atoms with Crippen molar-refractivity contribution in [3.63, 3.8) is 0 Å². The quantitative estimate of drug-likeness (QED) is 0.0695. The molecule has 2 unspecified atom stereocenters. The number of allylic oxidation sites excluding steroid dienone is 19. The summed E-state index contributed by atoms with van der Waals surface area (Å²) >= 11 is 0.